The number of hydrogen-bond acceptors (Lipinski definition) is 3. The van der Waals surface area contributed by atoms with Gasteiger partial charge in [0.2, 0.25) is 10.0 Å². The van der Waals surface area contributed by atoms with Gasteiger partial charge in [0.25, 0.3) is 5.91 Å². The fourth-order valence-electron chi connectivity index (χ4n) is 3.01. The maximum atomic E-state index is 12.9. The van der Waals surface area contributed by atoms with Crippen molar-refractivity contribution < 1.29 is 13.2 Å². The van der Waals surface area contributed by atoms with Gasteiger partial charge in [0.05, 0.1) is 11.4 Å². The number of terminal acetylenes is 1. The third kappa shape index (κ3) is 3.29. The van der Waals surface area contributed by atoms with Gasteiger partial charge in [0.1, 0.15) is 0 Å². The number of nitrogens with zero attached hydrogens (tertiary/aromatic N) is 1. The Morgan fingerprint density at radius 2 is 1.92 bits per heavy atom. The van der Waals surface area contributed by atoms with Gasteiger partial charge in [0, 0.05) is 17.3 Å². The van der Waals surface area contributed by atoms with Crippen molar-refractivity contribution in [2.24, 2.45) is 0 Å². The first-order chi connectivity index (χ1) is 11.9. The van der Waals surface area contributed by atoms with Gasteiger partial charge in [-0.3, -0.25) is 4.79 Å². The summed E-state index contributed by atoms with van der Waals surface area (Å²) in [5.41, 5.74) is 2.49. The second-order valence-electron chi connectivity index (χ2n) is 5.91. The number of sulfonamides is 1. The number of anilines is 1. The molecule has 0 aromatic heterocycles. The van der Waals surface area contributed by atoms with Crippen LogP contribution in [0.3, 0.4) is 0 Å². The molecule has 1 amide bonds. The molecule has 1 unspecified atom stereocenters. The predicted octanol–water partition coefficient (Wildman–Crippen LogP) is 2.19. The van der Waals surface area contributed by atoms with Crippen LogP contribution in [0.1, 0.15) is 22.8 Å². The molecule has 6 heteroatoms. The van der Waals surface area contributed by atoms with Gasteiger partial charge in [-0.2, -0.15) is 4.72 Å². The normalized spacial score (nSPS) is 16.3. The zero-order valence-electron chi connectivity index (χ0n) is 13.8. The topological polar surface area (TPSA) is 66.5 Å². The number of carbonyl (C=O) groups excluding carboxylic acids is 1. The van der Waals surface area contributed by atoms with Crippen LogP contribution < -0.4 is 9.62 Å². The molecule has 25 heavy (non-hydrogen) atoms. The molecular weight excluding hydrogens is 336 g/mol. The number of carbonyl (C=O) groups is 1. The number of para-hydroxylation sites is 1. The smallest absolute Gasteiger partial charge is 0.258 e. The highest BCUT2D eigenvalue weighted by Crippen LogP contribution is 2.33. The van der Waals surface area contributed by atoms with Crippen LogP contribution in [0.5, 0.6) is 0 Å². The fourth-order valence-corrected chi connectivity index (χ4v) is 3.95. The van der Waals surface area contributed by atoms with Gasteiger partial charge in [0.15, 0.2) is 0 Å². The molecule has 1 atom stereocenters. The SMILES string of the molecule is C#CCNS(=O)(=O)c1ccc(C(=O)N2c3ccccc3CC2C)cc1. The first-order valence-electron chi connectivity index (χ1n) is 7.88. The highest BCUT2D eigenvalue weighted by atomic mass is 32.2. The van der Waals surface area contributed by atoms with Gasteiger partial charge in [-0.25, -0.2) is 8.42 Å². The Bertz CT molecular complexity index is 943. The summed E-state index contributed by atoms with van der Waals surface area (Å²) in [4.78, 5) is 14.7. The Labute approximate surface area is 147 Å². The van der Waals surface area contributed by atoms with E-state index >= 15 is 0 Å². The molecule has 0 fully saturated rings. The minimum atomic E-state index is -3.66. The van der Waals surface area contributed by atoms with Gasteiger partial charge in [-0.1, -0.05) is 24.1 Å². The molecule has 1 heterocycles. The average Bonchev–Trinajstić information content (AvgIpc) is 2.95. The van der Waals surface area contributed by atoms with E-state index in [9.17, 15) is 13.2 Å². The monoisotopic (exact) mass is 354 g/mol. The lowest BCUT2D eigenvalue weighted by molar-refractivity contribution is 0.0981. The van der Waals surface area contributed by atoms with Crippen molar-refractivity contribution in [2.45, 2.75) is 24.3 Å². The van der Waals surface area contributed by atoms with Crippen molar-refractivity contribution in [3.63, 3.8) is 0 Å². The molecule has 3 rings (SSSR count). The minimum Gasteiger partial charge on any atom is -0.305 e. The molecular formula is C19H18N2O3S. The minimum absolute atomic E-state index is 0.0607. The molecule has 1 N–H and O–H groups in total. The van der Waals surface area contributed by atoms with Gasteiger partial charge >= 0.3 is 0 Å². The number of benzene rings is 2. The molecule has 0 saturated heterocycles. The van der Waals surface area contributed by atoms with E-state index in [-0.39, 0.29) is 23.4 Å². The van der Waals surface area contributed by atoms with Crippen LogP contribution >= 0.6 is 0 Å². The molecule has 1 aliphatic rings. The summed E-state index contributed by atoms with van der Waals surface area (Å²) in [6.07, 6.45) is 5.88. The van der Waals surface area contributed by atoms with Crippen molar-refractivity contribution in [1.82, 2.24) is 4.72 Å². The summed E-state index contributed by atoms with van der Waals surface area (Å²) in [6.45, 7) is 1.92. The lowest BCUT2D eigenvalue weighted by Gasteiger charge is -2.23. The number of amides is 1. The Morgan fingerprint density at radius 1 is 1.24 bits per heavy atom. The highest BCUT2D eigenvalue weighted by molar-refractivity contribution is 7.89. The zero-order chi connectivity index (χ0) is 18.0. The summed E-state index contributed by atoms with van der Waals surface area (Å²) in [7, 11) is -3.66. The number of hydrogen-bond donors (Lipinski definition) is 1. The molecule has 0 radical (unpaired) electrons. The molecule has 0 aliphatic carbocycles. The van der Waals surface area contributed by atoms with Crippen molar-refractivity contribution in [3.05, 3.63) is 59.7 Å². The zero-order valence-corrected chi connectivity index (χ0v) is 14.6. The molecule has 0 spiro atoms. The molecule has 5 nitrogen and oxygen atoms in total. The maximum Gasteiger partial charge on any atom is 0.258 e. The maximum absolute atomic E-state index is 12.9. The van der Waals surface area contributed by atoms with Crippen LogP contribution in [-0.2, 0) is 16.4 Å². The third-order valence-electron chi connectivity index (χ3n) is 4.20. The van der Waals surface area contributed by atoms with E-state index in [1.165, 1.54) is 24.3 Å². The van der Waals surface area contributed by atoms with Crippen LogP contribution in [0, 0.1) is 12.3 Å². The Morgan fingerprint density at radius 3 is 2.60 bits per heavy atom. The van der Waals surface area contributed by atoms with Gasteiger partial charge in [-0.15, -0.1) is 6.42 Å². The number of nitrogens with one attached hydrogen (secondary N) is 1. The summed E-state index contributed by atoms with van der Waals surface area (Å²) < 4.78 is 26.4. The largest absolute Gasteiger partial charge is 0.305 e. The summed E-state index contributed by atoms with van der Waals surface area (Å²) in [5, 5.41) is 0. The molecule has 0 saturated carbocycles. The van der Waals surface area contributed by atoms with Crippen molar-refractivity contribution >= 4 is 21.6 Å². The number of rotatable bonds is 4. The molecule has 0 bridgehead atoms. The van der Waals surface area contributed by atoms with Crippen molar-refractivity contribution in [2.75, 3.05) is 11.4 Å². The Balaban J connectivity index is 1.86. The lowest BCUT2D eigenvalue weighted by atomic mass is 10.1. The van der Waals surface area contributed by atoms with Crippen molar-refractivity contribution in [1.29, 1.82) is 0 Å². The quantitative estimate of drug-likeness (QED) is 0.856. The van der Waals surface area contributed by atoms with Crippen LogP contribution in [0.15, 0.2) is 53.4 Å². The van der Waals surface area contributed by atoms with Crippen LogP contribution in [0.2, 0.25) is 0 Å². The molecule has 1 aliphatic heterocycles. The van der Waals surface area contributed by atoms with Crippen LogP contribution in [-0.4, -0.2) is 26.9 Å². The summed E-state index contributed by atoms with van der Waals surface area (Å²) in [5.74, 6) is 2.08. The van der Waals surface area contributed by atoms with Crippen LogP contribution in [0.25, 0.3) is 0 Å². The van der Waals surface area contributed by atoms with Gasteiger partial charge < -0.3 is 4.90 Å². The van der Waals surface area contributed by atoms with E-state index < -0.39 is 10.0 Å². The standard InChI is InChI=1S/C19H18N2O3S/c1-3-12-20-25(23,24)17-10-8-15(9-11-17)19(22)21-14(2)13-16-6-4-5-7-18(16)21/h1,4-11,14,20H,12-13H2,2H3. The Hall–Kier alpha value is -2.62. The molecule has 128 valence electrons. The van der Waals surface area contributed by atoms with E-state index in [0.29, 0.717) is 5.56 Å². The average molecular weight is 354 g/mol. The lowest BCUT2D eigenvalue weighted by Crippen LogP contribution is -2.35. The third-order valence-corrected chi connectivity index (χ3v) is 5.62. The fraction of sp³-hybridized carbons (Fsp3) is 0.211. The van der Waals surface area contributed by atoms with E-state index in [4.69, 9.17) is 6.42 Å². The van der Waals surface area contributed by atoms with E-state index in [1.54, 1.807) is 4.90 Å². The summed E-state index contributed by atoms with van der Waals surface area (Å²) >= 11 is 0. The highest BCUT2D eigenvalue weighted by Gasteiger charge is 2.31. The predicted molar refractivity (Wildman–Crippen MR) is 96.9 cm³/mol. The molecule has 2 aromatic rings. The first kappa shape index (κ1) is 17.2. The first-order valence-corrected chi connectivity index (χ1v) is 9.37. The Kier molecular flexibility index (Phi) is 4.62. The van der Waals surface area contributed by atoms with Gasteiger partial charge in [-0.05, 0) is 49.2 Å². The van der Waals surface area contributed by atoms with E-state index in [2.05, 4.69) is 10.6 Å². The van der Waals surface area contributed by atoms with Crippen LogP contribution in [0.4, 0.5) is 5.69 Å². The van der Waals surface area contributed by atoms with E-state index in [0.717, 1.165) is 17.7 Å². The molecule has 2 aromatic carbocycles. The van der Waals surface area contributed by atoms with E-state index in [1.807, 2.05) is 31.2 Å². The van der Waals surface area contributed by atoms with Crippen molar-refractivity contribution in [3.8, 4) is 12.3 Å². The second kappa shape index (κ2) is 6.71. The second-order valence-corrected chi connectivity index (χ2v) is 7.68. The summed E-state index contributed by atoms with van der Waals surface area (Å²) in [6, 6.07) is 13.8. The number of fused-ring (bicyclic) bond motifs is 1.